The van der Waals surface area contributed by atoms with Crippen LogP contribution >= 0.6 is 0 Å². The molecule has 0 bridgehead atoms. The fourth-order valence-corrected chi connectivity index (χ4v) is 2.33. The van der Waals surface area contributed by atoms with Gasteiger partial charge in [-0.3, -0.25) is 0 Å². The second kappa shape index (κ2) is 7.83. The van der Waals surface area contributed by atoms with E-state index < -0.39 is 0 Å². The molecule has 2 aromatic rings. The third-order valence-corrected chi connectivity index (χ3v) is 3.36. The molecular formula is C18H23NO. The summed E-state index contributed by atoms with van der Waals surface area (Å²) in [6.45, 7) is 2.73. The van der Waals surface area contributed by atoms with E-state index >= 15 is 0 Å². The maximum absolute atomic E-state index is 6.04. The maximum atomic E-state index is 6.04. The summed E-state index contributed by atoms with van der Waals surface area (Å²) in [6, 6.07) is 20.7. The van der Waals surface area contributed by atoms with Crippen LogP contribution in [0.25, 0.3) is 0 Å². The van der Waals surface area contributed by atoms with E-state index in [-0.39, 0.29) is 12.1 Å². The number of hydrogen-bond acceptors (Lipinski definition) is 2. The van der Waals surface area contributed by atoms with Gasteiger partial charge in [0.2, 0.25) is 0 Å². The Balaban J connectivity index is 1.82. The Morgan fingerprint density at radius 1 is 0.950 bits per heavy atom. The van der Waals surface area contributed by atoms with E-state index in [2.05, 4.69) is 36.4 Å². The average Bonchev–Trinajstić information content (AvgIpc) is 2.49. The van der Waals surface area contributed by atoms with Crippen LogP contribution in [0.15, 0.2) is 60.7 Å². The summed E-state index contributed by atoms with van der Waals surface area (Å²) >= 11 is 0. The predicted octanol–water partition coefficient (Wildman–Crippen LogP) is 3.72. The molecule has 2 heteroatoms. The highest BCUT2D eigenvalue weighted by atomic mass is 16.5. The van der Waals surface area contributed by atoms with Crippen LogP contribution in [-0.4, -0.2) is 12.6 Å². The van der Waals surface area contributed by atoms with E-state index in [1.165, 1.54) is 5.56 Å². The molecule has 0 saturated heterocycles. The normalized spacial score (nSPS) is 13.9. The van der Waals surface area contributed by atoms with Crippen molar-refractivity contribution in [2.75, 3.05) is 6.61 Å². The van der Waals surface area contributed by atoms with Crippen LogP contribution in [0, 0.1) is 0 Å². The van der Waals surface area contributed by atoms with Gasteiger partial charge in [0, 0.05) is 12.6 Å². The number of rotatable bonds is 7. The SMILES string of the molecule is CC(N)C(OCCCc1ccccc1)c1ccccc1. The summed E-state index contributed by atoms with van der Waals surface area (Å²) in [5.41, 5.74) is 8.55. The van der Waals surface area contributed by atoms with Crippen LogP contribution in [-0.2, 0) is 11.2 Å². The molecule has 0 radical (unpaired) electrons. The van der Waals surface area contributed by atoms with Gasteiger partial charge in [0.1, 0.15) is 0 Å². The molecule has 0 aliphatic carbocycles. The molecule has 0 aromatic heterocycles. The Morgan fingerprint density at radius 2 is 1.55 bits per heavy atom. The van der Waals surface area contributed by atoms with Gasteiger partial charge >= 0.3 is 0 Å². The van der Waals surface area contributed by atoms with Crippen molar-refractivity contribution in [3.63, 3.8) is 0 Å². The second-order valence-corrected chi connectivity index (χ2v) is 5.15. The minimum absolute atomic E-state index is 0.00544. The fourth-order valence-electron chi connectivity index (χ4n) is 2.33. The highest BCUT2D eigenvalue weighted by Crippen LogP contribution is 2.20. The summed E-state index contributed by atoms with van der Waals surface area (Å²) in [4.78, 5) is 0. The van der Waals surface area contributed by atoms with Crippen molar-refractivity contribution in [3.8, 4) is 0 Å². The number of nitrogens with two attached hydrogens (primary N) is 1. The molecule has 2 rings (SSSR count). The van der Waals surface area contributed by atoms with Gasteiger partial charge in [-0.05, 0) is 30.9 Å². The fraction of sp³-hybridized carbons (Fsp3) is 0.333. The first kappa shape index (κ1) is 14.8. The molecule has 0 fully saturated rings. The van der Waals surface area contributed by atoms with E-state index in [0.29, 0.717) is 0 Å². The first-order valence-electron chi connectivity index (χ1n) is 7.23. The number of aryl methyl sites for hydroxylation is 1. The number of ether oxygens (including phenoxy) is 1. The summed E-state index contributed by atoms with van der Waals surface area (Å²) in [6.07, 6.45) is 2.04. The van der Waals surface area contributed by atoms with Crippen molar-refractivity contribution in [1.82, 2.24) is 0 Å². The van der Waals surface area contributed by atoms with Crippen LogP contribution in [0.1, 0.15) is 30.6 Å². The highest BCUT2D eigenvalue weighted by Gasteiger charge is 2.16. The van der Waals surface area contributed by atoms with Crippen molar-refractivity contribution >= 4 is 0 Å². The highest BCUT2D eigenvalue weighted by molar-refractivity contribution is 5.19. The summed E-state index contributed by atoms with van der Waals surface area (Å²) in [5, 5.41) is 0. The first-order valence-corrected chi connectivity index (χ1v) is 7.23. The molecule has 0 saturated carbocycles. The Labute approximate surface area is 121 Å². The number of benzene rings is 2. The van der Waals surface area contributed by atoms with Crippen LogP contribution in [0.3, 0.4) is 0 Å². The molecule has 0 aliphatic rings. The van der Waals surface area contributed by atoms with Gasteiger partial charge in [0.15, 0.2) is 0 Å². The van der Waals surface area contributed by atoms with Gasteiger partial charge in [-0.15, -0.1) is 0 Å². The van der Waals surface area contributed by atoms with E-state index in [1.54, 1.807) is 0 Å². The Hall–Kier alpha value is -1.64. The molecule has 2 nitrogen and oxygen atoms in total. The molecule has 2 aromatic carbocycles. The van der Waals surface area contributed by atoms with E-state index in [1.807, 2.05) is 31.2 Å². The minimum Gasteiger partial charge on any atom is -0.372 e. The number of hydrogen-bond donors (Lipinski definition) is 1. The van der Waals surface area contributed by atoms with Crippen molar-refractivity contribution in [1.29, 1.82) is 0 Å². The average molecular weight is 269 g/mol. The van der Waals surface area contributed by atoms with Crippen LogP contribution in [0.5, 0.6) is 0 Å². The smallest absolute Gasteiger partial charge is 0.0972 e. The molecule has 0 heterocycles. The van der Waals surface area contributed by atoms with Crippen molar-refractivity contribution in [2.45, 2.75) is 31.9 Å². The van der Waals surface area contributed by atoms with Gasteiger partial charge in [0.25, 0.3) is 0 Å². The molecule has 0 aliphatic heterocycles. The molecule has 20 heavy (non-hydrogen) atoms. The van der Waals surface area contributed by atoms with E-state index in [9.17, 15) is 0 Å². The summed E-state index contributed by atoms with van der Waals surface area (Å²) < 4.78 is 5.99. The first-order chi connectivity index (χ1) is 9.77. The standard InChI is InChI=1S/C18H23NO/c1-15(19)18(17-12-6-3-7-13-17)20-14-8-11-16-9-4-2-5-10-16/h2-7,9-10,12-13,15,18H,8,11,14,19H2,1H3. The molecule has 0 amide bonds. The lowest BCUT2D eigenvalue weighted by molar-refractivity contribution is 0.0370. The van der Waals surface area contributed by atoms with Crippen molar-refractivity contribution < 1.29 is 4.74 Å². The third-order valence-electron chi connectivity index (χ3n) is 3.36. The Morgan fingerprint density at radius 3 is 2.15 bits per heavy atom. The van der Waals surface area contributed by atoms with Crippen molar-refractivity contribution in [2.24, 2.45) is 5.73 Å². The third kappa shape index (κ3) is 4.48. The van der Waals surface area contributed by atoms with Crippen molar-refractivity contribution in [3.05, 3.63) is 71.8 Å². The zero-order valence-electron chi connectivity index (χ0n) is 12.0. The lowest BCUT2D eigenvalue weighted by Gasteiger charge is -2.22. The quantitative estimate of drug-likeness (QED) is 0.777. The minimum atomic E-state index is -0.0213. The second-order valence-electron chi connectivity index (χ2n) is 5.15. The zero-order valence-corrected chi connectivity index (χ0v) is 12.0. The molecular weight excluding hydrogens is 246 g/mol. The predicted molar refractivity (Wildman–Crippen MR) is 83.5 cm³/mol. The largest absolute Gasteiger partial charge is 0.372 e. The Kier molecular flexibility index (Phi) is 5.78. The summed E-state index contributed by atoms with van der Waals surface area (Å²) in [7, 11) is 0. The van der Waals surface area contributed by atoms with E-state index in [0.717, 1.165) is 25.0 Å². The van der Waals surface area contributed by atoms with Crippen LogP contribution < -0.4 is 5.73 Å². The monoisotopic (exact) mass is 269 g/mol. The topological polar surface area (TPSA) is 35.2 Å². The molecule has 0 spiro atoms. The van der Waals surface area contributed by atoms with Gasteiger partial charge < -0.3 is 10.5 Å². The van der Waals surface area contributed by atoms with Gasteiger partial charge in [-0.25, -0.2) is 0 Å². The van der Waals surface area contributed by atoms with Gasteiger partial charge in [-0.2, -0.15) is 0 Å². The zero-order chi connectivity index (χ0) is 14.2. The van der Waals surface area contributed by atoms with Gasteiger partial charge in [-0.1, -0.05) is 60.7 Å². The Bertz CT molecular complexity index is 481. The van der Waals surface area contributed by atoms with E-state index in [4.69, 9.17) is 10.5 Å². The van der Waals surface area contributed by atoms with Gasteiger partial charge in [0.05, 0.1) is 6.10 Å². The van der Waals surface area contributed by atoms with Crippen LogP contribution in [0.4, 0.5) is 0 Å². The molecule has 106 valence electrons. The molecule has 2 N–H and O–H groups in total. The van der Waals surface area contributed by atoms with Crippen LogP contribution in [0.2, 0.25) is 0 Å². The lowest BCUT2D eigenvalue weighted by Crippen LogP contribution is -2.27. The molecule has 2 atom stereocenters. The maximum Gasteiger partial charge on any atom is 0.0972 e. The summed E-state index contributed by atoms with van der Waals surface area (Å²) in [5.74, 6) is 0. The lowest BCUT2D eigenvalue weighted by atomic mass is 10.0. The molecule has 2 unspecified atom stereocenters.